The van der Waals surface area contributed by atoms with Gasteiger partial charge in [-0.3, -0.25) is 4.79 Å². The quantitative estimate of drug-likeness (QED) is 0.939. The van der Waals surface area contributed by atoms with E-state index in [1.807, 2.05) is 49.4 Å². The fourth-order valence-electron chi connectivity index (χ4n) is 3.11. The molecule has 3 rings (SSSR count). The number of hydrogen-bond donors (Lipinski definition) is 1. The average molecular weight is 282 g/mol. The summed E-state index contributed by atoms with van der Waals surface area (Å²) in [6.45, 7) is 2.46. The van der Waals surface area contributed by atoms with Crippen molar-refractivity contribution in [3.05, 3.63) is 65.2 Å². The van der Waals surface area contributed by atoms with E-state index >= 15 is 0 Å². The number of fused-ring (bicyclic) bond motifs is 1. The largest absolute Gasteiger partial charge is 0.493 e. The maximum absolute atomic E-state index is 12.1. The summed E-state index contributed by atoms with van der Waals surface area (Å²) in [5.74, 6) is -0.0847. The van der Waals surface area contributed by atoms with Gasteiger partial charge in [-0.25, -0.2) is 0 Å². The number of carbonyl (C=O) groups is 1. The lowest BCUT2D eigenvalue weighted by Crippen LogP contribution is -2.42. The molecule has 0 bridgehead atoms. The van der Waals surface area contributed by atoms with Crippen LogP contribution in [0.2, 0.25) is 0 Å². The van der Waals surface area contributed by atoms with Gasteiger partial charge in [0, 0.05) is 12.0 Å². The molecule has 1 heterocycles. The van der Waals surface area contributed by atoms with Crippen LogP contribution in [0.4, 0.5) is 0 Å². The number of aryl methyl sites for hydroxylation is 1. The van der Waals surface area contributed by atoms with Crippen LogP contribution in [-0.4, -0.2) is 17.7 Å². The van der Waals surface area contributed by atoms with Crippen LogP contribution in [0.1, 0.15) is 23.1 Å². The molecule has 0 aliphatic carbocycles. The van der Waals surface area contributed by atoms with E-state index in [4.69, 9.17) is 4.74 Å². The minimum Gasteiger partial charge on any atom is -0.493 e. The Morgan fingerprint density at radius 3 is 2.81 bits per heavy atom. The van der Waals surface area contributed by atoms with Gasteiger partial charge in [-0.1, -0.05) is 48.0 Å². The summed E-state index contributed by atoms with van der Waals surface area (Å²) in [6, 6.07) is 15.5. The highest BCUT2D eigenvalue weighted by Gasteiger charge is 2.44. The fourth-order valence-corrected chi connectivity index (χ4v) is 3.11. The number of para-hydroxylation sites is 1. The lowest BCUT2D eigenvalue weighted by atomic mass is 9.71. The molecule has 0 radical (unpaired) electrons. The predicted molar refractivity (Wildman–Crippen MR) is 80.8 cm³/mol. The first-order valence-corrected chi connectivity index (χ1v) is 7.13. The van der Waals surface area contributed by atoms with Crippen molar-refractivity contribution in [1.82, 2.24) is 0 Å². The molecule has 3 nitrogen and oxygen atoms in total. The van der Waals surface area contributed by atoms with E-state index in [1.165, 1.54) is 0 Å². The third kappa shape index (κ3) is 2.40. The van der Waals surface area contributed by atoms with Crippen LogP contribution < -0.4 is 4.74 Å². The third-order valence-electron chi connectivity index (χ3n) is 4.19. The minimum absolute atomic E-state index is 0.440. The smallest absolute Gasteiger partial charge is 0.314 e. The minimum atomic E-state index is -0.900. The molecule has 3 heteroatoms. The molecule has 0 saturated heterocycles. The van der Waals surface area contributed by atoms with E-state index in [9.17, 15) is 9.90 Å². The van der Waals surface area contributed by atoms with E-state index in [0.717, 1.165) is 16.7 Å². The number of benzene rings is 2. The van der Waals surface area contributed by atoms with Crippen LogP contribution in [-0.2, 0) is 16.6 Å². The van der Waals surface area contributed by atoms with Crippen molar-refractivity contribution in [1.29, 1.82) is 0 Å². The number of hydrogen-bond acceptors (Lipinski definition) is 2. The van der Waals surface area contributed by atoms with Crippen molar-refractivity contribution in [2.24, 2.45) is 0 Å². The summed E-state index contributed by atoms with van der Waals surface area (Å²) in [6.07, 6.45) is 0.984. The molecule has 2 aromatic carbocycles. The fraction of sp³-hybridized carbons (Fsp3) is 0.278. The molecule has 0 spiro atoms. The molecule has 1 N–H and O–H groups in total. The van der Waals surface area contributed by atoms with Crippen LogP contribution in [0.25, 0.3) is 0 Å². The van der Waals surface area contributed by atoms with E-state index in [1.54, 1.807) is 0 Å². The van der Waals surface area contributed by atoms with Gasteiger partial charge in [0.25, 0.3) is 0 Å². The zero-order chi connectivity index (χ0) is 14.9. The van der Waals surface area contributed by atoms with Crippen LogP contribution in [0.3, 0.4) is 0 Å². The molecule has 1 atom stereocenters. The molecule has 1 unspecified atom stereocenters. The van der Waals surface area contributed by atoms with Gasteiger partial charge in [-0.2, -0.15) is 0 Å². The van der Waals surface area contributed by atoms with Gasteiger partial charge in [0.1, 0.15) is 11.2 Å². The van der Waals surface area contributed by atoms with Gasteiger partial charge in [-0.15, -0.1) is 0 Å². The summed E-state index contributed by atoms with van der Waals surface area (Å²) in [4.78, 5) is 12.1. The molecule has 0 amide bonds. The van der Waals surface area contributed by atoms with Gasteiger partial charge in [0.2, 0.25) is 0 Å². The van der Waals surface area contributed by atoms with E-state index in [-0.39, 0.29) is 0 Å². The average Bonchev–Trinajstić information content (AvgIpc) is 2.47. The summed E-state index contributed by atoms with van der Waals surface area (Å²) in [5, 5.41) is 9.91. The predicted octanol–water partition coefficient (Wildman–Crippen LogP) is 3.34. The number of carboxylic acid groups (broad SMARTS) is 1. The van der Waals surface area contributed by atoms with Gasteiger partial charge in [0.15, 0.2) is 0 Å². The highest BCUT2D eigenvalue weighted by atomic mass is 16.5. The molecule has 2 aromatic rings. The molecular weight excluding hydrogens is 264 g/mol. The Balaban J connectivity index is 2.08. The molecule has 21 heavy (non-hydrogen) atoms. The second-order valence-electron chi connectivity index (χ2n) is 5.65. The zero-order valence-electron chi connectivity index (χ0n) is 12.0. The Morgan fingerprint density at radius 2 is 2.05 bits per heavy atom. The summed E-state index contributed by atoms with van der Waals surface area (Å²) in [5.41, 5.74) is 2.08. The topological polar surface area (TPSA) is 46.5 Å². The first-order valence-electron chi connectivity index (χ1n) is 7.13. The van der Waals surface area contributed by atoms with Crippen molar-refractivity contribution in [2.75, 3.05) is 6.61 Å². The van der Waals surface area contributed by atoms with Gasteiger partial charge < -0.3 is 9.84 Å². The highest BCUT2D eigenvalue weighted by Crippen LogP contribution is 2.41. The molecule has 1 aliphatic rings. The third-order valence-corrected chi connectivity index (χ3v) is 4.19. The van der Waals surface area contributed by atoms with E-state index in [0.29, 0.717) is 25.2 Å². The maximum Gasteiger partial charge on any atom is 0.314 e. The highest BCUT2D eigenvalue weighted by molar-refractivity contribution is 5.83. The number of ether oxygens (including phenoxy) is 1. The summed E-state index contributed by atoms with van der Waals surface area (Å²) < 4.78 is 5.63. The molecule has 0 saturated carbocycles. The van der Waals surface area contributed by atoms with Crippen molar-refractivity contribution in [3.8, 4) is 5.75 Å². The Morgan fingerprint density at radius 1 is 1.24 bits per heavy atom. The lowest BCUT2D eigenvalue weighted by molar-refractivity contribution is -0.145. The Bertz CT molecular complexity index is 678. The lowest BCUT2D eigenvalue weighted by Gasteiger charge is -2.35. The second-order valence-corrected chi connectivity index (χ2v) is 5.65. The second kappa shape index (κ2) is 5.24. The van der Waals surface area contributed by atoms with Gasteiger partial charge in [-0.05, 0) is 25.0 Å². The monoisotopic (exact) mass is 282 g/mol. The standard InChI is InChI=1S/C18H18O3/c1-13-5-4-6-14(11-13)12-18(17(19)20)9-10-21-16-8-3-2-7-15(16)18/h2-8,11H,9-10,12H2,1H3,(H,19,20). The van der Waals surface area contributed by atoms with Crippen molar-refractivity contribution < 1.29 is 14.6 Å². The SMILES string of the molecule is Cc1cccc(CC2(C(=O)O)CCOc3ccccc32)c1. The Labute approximate surface area is 124 Å². The van der Waals surface area contributed by atoms with Crippen LogP contribution in [0.15, 0.2) is 48.5 Å². The van der Waals surface area contributed by atoms with Gasteiger partial charge in [0.05, 0.1) is 6.61 Å². The first kappa shape index (κ1) is 13.7. The number of carboxylic acids is 1. The molecular formula is C18H18O3. The maximum atomic E-state index is 12.1. The van der Waals surface area contributed by atoms with Crippen molar-refractivity contribution in [3.63, 3.8) is 0 Å². The van der Waals surface area contributed by atoms with E-state index in [2.05, 4.69) is 6.07 Å². The summed E-state index contributed by atoms with van der Waals surface area (Å²) in [7, 11) is 0. The Hall–Kier alpha value is -2.29. The van der Waals surface area contributed by atoms with Gasteiger partial charge >= 0.3 is 5.97 Å². The number of rotatable bonds is 3. The Kier molecular flexibility index (Phi) is 3.42. The van der Waals surface area contributed by atoms with Crippen LogP contribution in [0, 0.1) is 6.92 Å². The van der Waals surface area contributed by atoms with Crippen molar-refractivity contribution >= 4 is 5.97 Å². The molecule has 108 valence electrons. The first-order chi connectivity index (χ1) is 10.1. The molecule has 1 aliphatic heterocycles. The van der Waals surface area contributed by atoms with Crippen molar-refractivity contribution in [2.45, 2.75) is 25.2 Å². The van der Waals surface area contributed by atoms with E-state index < -0.39 is 11.4 Å². The number of aliphatic carboxylic acids is 1. The molecule has 0 aromatic heterocycles. The normalized spacial score (nSPS) is 20.4. The van der Waals surface area contributed by atoms with Crippen LogP contribution in [0.5, 0.6) is 5.75 Å². The zero-order valence-corrected chi connectivity index (χ0v) is 12.0. The van der Waals surface area contributed by atoms with Crippen LogP contribution >= 0.6 is 0 Å². The summed E-state index contributed by atoms with van der Waals surface area (Å²) >= 11 is 0. The molecule has 0 fully saturated rings.